The van der Waals surface area contributed by atoms with Crippen molar-refractivity contribution in [3.8, 4) is 0 Å². The lowest BCUT2D eigenvalue weighted by Crippen LogP contribution is -2.53. The number of benzene rings is 2. The summed E-state index contributed by atoms with van der Waals surface area (Å²) in [6.45, 7) is 3.19. The predicted octanol–water partition coefficient (Wildman–Crippen LogP) is 7.32. The first-order valence-corrected chi connectivity index (χ1v) is 15.2. The molecule has 3 aliphatic carbocycles. The van der Waals surface area contributed by atoms with Crippen molar-refractivity contribution < 1.29 is 4.79 Å². The number of alkyl halides is 1. The summed E-state index contributed by atoms with van der Waals surface area (Å²) < 4.78 is 0. The van der Waals surface area contributed by atoms with Crippen molar-refractivity contribution in [2.24, 2.45) is 11.8 Å². The highest BCUT2D eigenvalue weighted by Crippen LogP contribution is 2.48. The van der Waals surface area contributed by atoms with Crippen molar-refractivity contribution in [2.75, 3.05) is 13.6 Å². The molecule has 3 N–H and O–H groups in total. The summed E-state index contributed by atoms with van der Waals surface area (Å²) in [6.07, 6.45) is 9.74. The number of carbonyl (C=O) groups excluding carboxylic acids is 1. The number of ketones is 1. The third-order valence-corrected chi connectivity index (χ3v) is 10.0. The van der Waals surface area contributed by atoms with E-state index in [0.717, 1.165) is 59.0 Å². The predicted molar refractivity (Wildman–Crippen MR) is 161 cm³/mol. The fourth-order valence-corrected chi connectivity index (χ4v) is 7.35. The zero-order chi connectivity index (χ0) is 27.7. The Morgan fingerprint density at radius 1 is 1.21 bits per heavy atom. The van der Waals surface area contributed by atoms with Crippen LogP contribution in [0.1, 0.15) is 90.5 Å². The number of hydrogen-bond donors (Lipinski definition) is 3. The fourth-order valence-electron chi connectivity index (χ4n) is 6.52. The molecule has 2 aromatic carbocycles. The molecule has 0 saturated heterocycles. The second-order valence-electron chi connectivity index (χ2n) is 12.1. The number of rotatable bonds is 10. The van der Waals surface area contributed by atoms with E-state index in [1.54, 1.807) is 11.9 Å². The molecule has 2 fully saturated rings. The Kier molecular flexibility index (Phi) is 8.51. The SMILES string of the molecule is C[C@@H](NCC1CCC1)c1cc(Cl)c2c(c1)C(=O)CC(CCc1cccc(C3(C(=N)N(C)C=N)CC(Cl)C3)c1)C2. The zero-order valence-electron chi connectivity index (χ0n) is 23.0. The molecular formula is C32H40Cl2N4O. The smallest absolute Gasteiger partial charge is 0.163 e. The van der Waals surface area contributed by atoms with E-state index in [9.17, 15) is 4.79 Å². The third-order valence-electron chi connectivity index (χ3n) is 9.38. The first-order valence-electron chi connectivity index (χ1n) is 14.3. The van der Waals surface area contributed by atoms with Crippen LogP contribution in [0.15, 0.2) is 36.4 Å². The molecule has 2 aromatic rings. The Balaban J connectivity index is 1.25. The van der Waals surface area contributed by atoms with Gasteiger partial charge in [0.05, 0.1) is 11.8 Å². The lowest BCUT2D eigenvalue weighted by Gasteiger charge is -2.47. The van der Waals surface area contributed by atoms with Gasteiger partial charge in [-0.3, -0.25) is 15.6 Å². The summed E-state index contributed by atoms with van der Waals surface area (Å²) in [6, 6.07) is 12.8. The molecular weight excluding hydrogens is 527 g/mol. The van der Waals surface area contributed by atoms with E-state index < -0.39 is 5.41 Å². The quantitative estimate of drug-likeness (QED) is 0.160. The van der Waals surface area contributed by atoms with Crippen molar-refractivity contribution in [3.05, 3.63) is 69.2 Å². The minimum absolute atomic E-state index is 0.0493. The Labute approximate surface area is 242 Å². The minimum atomic E-state index is -0.441. The van der Waals surface area contributed by atoms with E-state index >= 15 is 0 Å². The van der Waals surface area contributed by atoms with Gasteiger partial charge in [0, 0.05) is 35.5 Å². The fraction of sp³-hybridized carbons (Fsp3) is 0.531. The molecule has 1 unspecified atom stereocenters. The molecule has 5 nitrogen and oxygen atoms in total. The Bertz CT molecular complexity index is 1250. The number of halogens is 2. The van der Waals surface area contributed by atoms with Gasteiger partial charge in [-0.05, 0) is 105 Å². The molecule has 0 aromatic heterocycles. The number of carbonyl (C=O) groups is 1. The molecule has 208 valence electrons. The molecule has 2 saturated carbocycles. The summed E-state index contributed by atoms with van der Waals surface area (Å²) in [7, 11) is 1.75. The Hall–Kier alpha value is -2.21. The monoisotopic (exact) mass is 566 g/mol. The summed E-state index contributed by atoms with van der Waals surface area (Å²) in [5.74, 6) is 1.67. The first-order chi connectivity index (χ1) is 18.7. The number of hydrogen-bond acceptors (Lipinski definition) is 4. The molecule has 39 heavy (non-hydrogen) atoms. The van der Waals surface area contributed by atoms with Crippen LogP contribution in [0, 0.1) is 22.7 Å². The van der Waals surface area contributed by atoms with E-state index in [1.807, 2.05) is 0 Å². The van der Waals surface area contributed by atoms with Gasteiger partial charge in [-0.1, -0.05) is 42.3 Å². The normalized spacial score (nSPS) is 25.3. The van der Waals surface area contributed by atoms with Gasteiger partial charge in [-0.15, -0.1) is 11.6 Å². The van der Waals surface area contributed by atoms with Crippen LogP contribution in [0.3, 0.4) is 0 Å². The van der Waals surface area contributed by atoms with Crippen LogP contribution in [-0.2, 0) is 18.3 Å². The number of nitrogens with zero attached hydrogens (tertiary/aromatic N) is 1. The molecule has 0 spiro atoms. The van der Waals surface area contributed by atoms with Gasteiger partial charge in [-0.25, -0.2) is 0 Å². The van der Waals surface area contributed by atoms with Crippen LogP contribution in [0.5, 0.6) is 0 Å². The number of aryl methyl sites for hydroxylation is 1. The van der Waals surface area contributed by atoms with Gasteiger partial charge in [0.2, 0.25) is 0 Å². The van der Waals surface area contributed by atoms with Crippen LogP contribution in [0.25, 0.3) is 0 Å². The van der Waals surface area contributed by atoms with Gasteiger partial charge < -0.3 is 10.2 Å². The molecule has 5 rings (SSSR count). The Morgan fingerprint density at radius 2 is 1.97 bits per heavy atom. The molecule has 3 aliphatic rings. The van der Waals surface area contributed by atoms with Crippen molar-refractivity contribution in [1.29, 1.82) is 10.8 Å². The van der Waals surface area contributed by atoms with Crippen LogP contribution >= 0.6 is 23.2 Å². The highest BCUT2D eigenvalue weighted by atomic mass is 35.5. The molecule has 0 heterocycles. The molecule has 2 atom stereocenters. The highest BCUT2D eigenvalue weighted by molar-refractivity contribution is 6.32. The summed E-state index contributed by atoms with van der Waals surface area (Å²) in [4.78, 5) is 14.8. The Morgan fingerprint density at radius 3 is 2.64 bits per heavy atom. The maximum absolute atomic E-state index is 13.2. The van der Waals surface area contributed by atoms with E-state index in [0.29, 0.717) is 25.1 Å². The number of fused-ring (bicyclic) bond motifs is 1. The van der Waals surface area contributed by atoms with Crippen molar-refractivity contribution >= 4 is 41.2 Å². The molecule has 0 radical (unpaired) electrons. The van der Waals surface area contributed by atoms with Crippen LogP contribution in [-0.4, -0.2) is 41.8 Å². The maximum Gasteiger partial charge on any atom is 0.163 e. The highest BCUT2D eigenvalue weighted by Gasteiger charge is 2.49. The van der Waals surface area contributed by atoms with E-state index in [1.165, 1.54) is 31.2 Å². The summed E-state index contributed by atoms with van der Waals surface area (Å²) >= 11 is 13.2. The second-order valence-corrected chi connectivity index (χ2v) is 13.1. The number of likely N-dealkylation sites (N-methyl/N-ethyl adjacent to an activating group) is 1. The topological polar surface area (TPSA) is 80.0 Å². The summed E-state index contributed by atoms with van der Waals surface area (Å²) in [5.41, 5.74) is 4.78. The van der Waals surface area contributed by atoms with Crippen molar-refractivity contribution in [1.82, 2.24) is 10.2 Å². The average molecular weight is 568 g/mol. The average Bonchev–Trinajstić information content (AvgIpc) is 2.88. The number of nitrogens with one attached hydrogen (secondary N) is 3. The van der Waals surface area contributed by atoms with Gasteiger partial charge in [0.1, 0.15) is 5.84 Å². The minimum Gasteiger partial charge on any atom is -0.324 e. The maximum atomic E-state index is 13.2. The first kappa shape index (κ1) is 28.3. The van der Waals surface area contributed by atoms with Crippen LogP contribution in [0.4, 0.5) is 0 Å². The second kappa shape index (κ2) is 11.7. The molecule has 0 amide bonds. The molecule has 7 heteroatoms. The lowest BCUT2D eigenvalue weighted by molar-refractivity contribution is 0.0946. The van der Waals surface area contributed by atoms with Gasteiger partial charge in [-0.2, -0.15) is 0 Å². The third kappa shape index (κ3) is 5.82. The van der Waals surface area contributed by atoms with Gasteiger partial charge >= 0.3 is 0 Å². The van der Waals surface area contributed by atoms with Crippen LogP contribution < -0.4 is 5.32 Å². The number of amidine groups is 1. The van der Waals surface area contributed by atoms with Crippen LogP contribution in [0.2, 0.25) is 5.02 Å². The van der Waals surface area contributed by atoms with E-state index in [2.05, 4.69) is 48.6 Å². The standard InChI is InChI=1S/C32H40Cl2N4O/c1-20(37-18-22-6-3-7-22)24-14-28-27(29(34)15-24)12-23(13-30(28)39)10-9-21-5-4-8-25(11-21)32(16-26(33)17-32)31(36)38(2)19-35/h4-5,8,11,14-15,19-20,22-23,26,35-37H,3,6-7,9-10,12-13,16-18H2,1-2H3/t20-,23?,26?,32?/m1/s1. The lowest BCUT2D eigenvalue weighted by atomic mass is 9.62. The van der Waals surface area contributed by atoms with Gasteiger partial charge in [0.25, 0.3) is 0 Å². The largest absolute Gasteiger partial charge is 0.324 e. The van der Waals surface area contributed by atoms with Crippen molar-refractivity contribution in [2.45, 2.75) is 81.5 Å². The van der Waals surface area contributed by atoms with E-state index in [-0.39, 0.29) is 23.1 Å². The molecule has 0 bridgehead atoms. The molecule has 0 aliphatic heterocycles. The zero-order valence-corrected chi connectivity index (χ0v) is 24.5. The number of Topliss-reactive ketones (excluding diaryl/α,β-unsaturated/α-hetero) is 1. The van der Waals surface area contributed by atoms with E-state index in [4.69, 9.17) is 34.0 Å². The van der Waals surface area contributed by atoms with Gasteiger partial charge in [0.15, 0.2) is 5.78 Å². The summed E-state index contributed by atoms with van der Waals surface area (Å²) in [5, 5.41) is 20.7. The van der Waals surface area contributed by atoms with Crippen molar-refractivity contribution in [3.63, 3.8) is 0 Å².